The number of rotatable bonds is 6. The summed E-state index contributed by atoms with van der Waals surface area (Å²) in [5.41, 5.74) is 0. The van der Waals surface area contributed by atoms with Gasteiger partial charge in [0.1, 0.15) is 22.4 Å². The van der Waals surface area contributed by atoms with E-state index in [9.17, 15) is 0 Å². The standard InChI is InChI=1S/C11H19BrN4O/c1-8(2)16(5-4-6-17)11-9(12)10(13-3)14-7-15-11/h7-8,17H,4-6H2,1-3H3,(H,13,14,15). The van der Waals surface area contributed by atoms with Crippen molar-refractivity contribution >= 4 is 27.6 Å². The summed E-state index contributed by atoms with van der Waals surface area (Å²) < 4.78 is 0.856. The summed E-state index contributed by atoms with van der Waals surface area (Å²) in [5, 5.41) is 11.9. The Labute approximate surface area is 110 Å². The molecule has 0 unspecified atom stereocenters. The minimum absolute atomic E-state index is 0.185. The molecule has 5 nitrogen and oxygen atoms in total. The molecule has 0 spiro atoms. The lowest BCUT2D eigenvalue weighted by atomic mass is 10.3. The van der Waals surface area contributed by atoms with Gasteiger partial charge in [-0.3, -0.25) is 0 Å². The van der Waals surface area contributed by atoms with E-state index in [2.05, 4.69) is 50.0 Å². The van der Waals surface area contributed by atoms with Crippen molar-refractivity contribution < 1.29 is 5.11 Å². The Hall–Kier alpha value is -0.880. The molecule has 0 saturated heterocycles. The van der Waals surface area contributed by atoms with E-state index in [-0.39, 0.29) is 6.61 Å². The van der Waals surface area contributed by atoms with Crippen LogP contribution in [0.5, 0.6) is 0 Å². The number of nitrogens with one attached hydrogen (secondary N) is 1. The Morgan fingerprint density at radius 3 is 2.71 bits per heavy atom. The van der Waals surface area contributed by atoms with Crippen molar-refractivity contribution in [3.63, 3.8) is 0 Å². The molecule has 0 amide bonds. The maximum Gasteiger partial charge on any atom is 0.148 e. The lowest BCUT2D eigenvalue weighted by Crippen LogP contribution is -2.33. The summed E-state index contributed by atoms with van der Waals surface area (Å²) in [6, 6.07) is 0.317. The van der Waals surface area contributed by atoms with Crippen LogP contribution in [-0.2, 0) is 0 Å². The van der Waals surface area contributed by atoms with Crippen molar-refractivity contribution in [2.24, 2.45) is 0 Å². The van der Waals surface area contributed by atoms with E-state index in [1.165, 1.54) is 0 Å². The first kappa shape index (κ1) is 14.2. The van der Waals surface area contributed by atoms with Gasteiger partial charge in [-0.25, -0.2) is 9.97 Å². The van der Waals surface area contributed by atoms with Gasteiger partial charge in [0.15, 0.2) is 0 Å². The number of aromatic nitrogens is 2. The van der Waals surface area contributed by atoms with Crippen LogP contribution in [0.2, 0.25) is 0 Å². The Morgan fingerprint density at radius 1 is 1.47 bits per heavy atom. The van der Waals surface area contributed by atoms with Gasteiger partial charge in [-0.15, -0.1) is 0 Å². The number of aliphatic hydroxyl groups is 1. The van der Waals surface area contributed by atoms with E-state index in [1.807, 2.05) is 7.05 Å². The molecule has 0 bridgehead atoms. The first-order chi connectivity index (χ1) is 8.11. The average Bonchev–Trinajstić information content (AvgIpc) is 2.31. The van der Waals surface area contributed by atoms with Crippen molar-refractivity contribution in [3.05, 3.63) is 10.8 Å². The van der Waals surface area contributed by atoms with Crippen molar-refractivity contribution in [3.8, 4) is 0 Å². The molecule has 1 aromatic heterocycles. The largest absolute Gasteiger partial charge is 0.396 e. The van der Waals surface area contributed by atoms with Crippen LogP contribution in [0.3, 0.4) is 0 Å². The monoisotopic (exact) mass is 302 g/mol. The van der Waals surface area contributed by atoms with E-state index in [0.29, 0.717) is 6.04 Å². The van der Waals surface area contributed by atoms with E-state index in [1.54, 1.807) is 6.33 Å². The van der Waals surface area contributed by atoms with Crippen molar-refractivity contribution in [1.82, 2.24) is 9.97 Å². The Bertz CT molecular complexity index is 359. The molecule has 0 saturated carbocycles. The molecule has 0 fully saturated rings. The molecule has 0 aliphatic heterocycles. The highest BCUT2D eigenvalue weighted by Gasteiger charge is 2.17. The van der Waals surface area contributed by atoms with Gasteiger partial charge >= 0.3 is 0 Å². The molecule has 0 aliphatic carbocycles. The lowest BCUT2D eigenvalue weighted by molar-refractivity contribution is 0.288. The van der Waals surface area contributed by atoms with E-state index >= 15 is 0 Å². The molecule has 96 valence electrons. The fraction of sp³-hybridized carbons (Fsp3) is 0.636. The molecule has 0 radical (unpaired) electrons. The molecule has 17 heavy (non-hydrogen) atoms. The van der Waals surface area contributed by atoms with Crippen molar-refractivity contribution in [2.75, 3.05) is 30.4 Å². The van der Waals surface area contributed by atoms with Gasteiger partial charge in [-0.05, 0) is 36.2 Å². The average molecular weight is 303 g/mol. The second kappa shape index (κ2) is 6.76. The van der Waals surface area contributed by atoms with Gasteiger partial charge in [0.2, 0.25) is 0 Å². The van der Waals surface area contributed by atoms with Crippen LogP contribution >= 0.6 is 15.9 Å². The van der Waals surface area contributed by atoms with Gasteiger partial charge in [0.25, 0.3) is 0 Å². The first-order valence-corrected chi connectivity index (χ1v) is 6.46. The third-order valence-electron chi connectivity index (χ3n) is 2.46. The zero-order valence-electron chi connectivity index (χ0n) is 10.4. The molecular weight excluding hydrogens is 284 g/mol. The molecule has 6 heteroatoms. The van der Waals surface area contributed by atoms with Gasteiger partial charge in [0, 0.05) is 26.2 Å². The SMILES string of the molecule is CNc1ncnc(N(CCCO)C(C)C)c1Br. The maximum atomic E-state index is 8.93. The third kappa shape index (κ3) is 3.54. The highest BCUT2D eigenvalue weighted by atomic mass is 79.9. The zero-order chi connectivity index (χ0) is 12.8. The topological polar surface area (TPSA) is 61.3 Å². The Morgan fingerprint density at radius 2 is 2.18 bits per heavy atom. The van der Waals surface area contributed by atoms with E-state index in [0.717, 1.165) is 29.1 Å². The second-order valence-electron chi connectivity index (χ2n) is 3.97. The number of hydrogen-bond donors (Lipinski definition) is 2. The molecule has 0 aromatic carbocycles. The quantitative estimate of drug-likeness (QED) is 0.840. The van der Waals surface area contributed by atoms with Crippen LogP contribution in [-0.4, -0.2) is 41.3 Å². The smallest absolute Gasteiger partial charge is 0.148 e. The highest BCUT2D eigenvalue weighted by molar-refractivity contribution is 9.10. The fourth-order valence-electron chi connectivity index (χ4n) is 1.58. The van der Waals surface area contributed by atoms with Crippen LogP contribution in [0.1, 0.15) is 20.3 Å². The summed E-state index contributed by atoms with van der Waals surface area (Å²) in [6.07, 6.45) is 2.27. The molecule has 0 atom stereocenters. The maximum absolute atomic E-state index is 8.93. The number of anilines is 2. The van der Waals surface area contributed by atoms with Crippen LogP contribution in [0.15, 0.2) is 10.8 Å². The first-order valence-electron chi connectivity index (χ1n) is 5.67. The summed E-state index contributed by atoms with van der Waals surface area (Å²) in [7, 11) is 1.82. The van der Waals surface area contributed by atoms with E-state index < -0.39 is 0 Å². The summed E-state index contributed by atoms with van der Waals surface area (Å²) in [4.78, 5) is 10.6. The highest BCUT2D eigenvalue weighted by Crippen LogP contribution is 2.30. The van der Waals surface area contributed by atoms with Gasteiger partial charge in [-0.1, -0.05) is 0 Å². The number of hydrogen-bond acceptors (Lipinski definition) is 5. The van der Waals surface area contributed by atoms with Crippen LogP contribution < -0.4 is 10.2 Å². The number of nitrogens with zero attached hydrogens (tertiary/aromatic N) is 3. The summed E-state index contributed by atoms with van der Waals surface area (Å²) in [5.74, 6) is 1.62. The number of halogens is 1. The molecule has 0 aliphatic rings. The van der Waals surface area contributed by atoms with Crippen LogP contribution in [0, 0.1) is 0 Å². The van der Waals surface area contributed by atoms with Gasteiger partial charge < -0.3 is 15.3 Å². The summed E-state index contributed by atoms with van der Waals surface area (Å²) in [6.45, 7) is 5.16. The minimum atomic E-state index is 0.185. The van der Waals surface area contributed by atoms with E-state index in [4.69, 9.17) is 5.11 Å². The minimum Gasteiger partial charge on any atom is -0.396 e. The van der Waals surface area contributed by atoms with Gasteiger partial charge in [-0.2, -0.15) is 0 Å². The van der Waals surface area contributed by atoms with Gasteiger partial charge in [0.05, 0.1) is 0 Å². The van der Waals surface area contributed by atoms with Crippen molar-refractivity contribution in [2.45, 2.75) is 26.3 Å². The molecule has 1 heterocycles. The van der Waals surface area contributed by atoms with Crippen LogP contribution in [0.4, 0.5) is 11.6 Å². The summed E-state index contributed by atoms with van der Waals surface area (Å²) >= 11 is 3.51. The normalized spacial score (nSPS) is 10.7. The predicted octanol–water partition coefficient (Wildman–Crippen LogP) is 1.88. The Balaban J connectivity index is 3.01. The molecular formula is C11H19BrN4O. The lowest BCUT2D eigenvalue weighted by Gasteiger charge is -2.28. The third-order valence-corrected chi connectivity index (χ3v) is 3.19. The fourth-order valence-corrected chi connectivity index (χ4v) is 2.22. The predicted molar refractivity (Wildman–Crippen MR) is 73.5 cm³/mol. The zero-order valence-corrected chi connectivity index (χ0v) is 12.0. The number of aliphatic hydroxyl groups excluding tert-OH is 1. The second-order valence-corrected chi connectivity index (χ2v) is 4.77. The van der Waals surface area contributed by atoms with Crippen molar-refractivity contribution in [1.29, 1.82) is 0 Å². The van der Waals surface area contributed by atoms with Crippen LogP contribution in [0.25, 0.3) is 0 Å². The molecule has 1 aromatic rings. The molecule has 1 rings (SSSR count). The Kier molecular flexibility index (Phi) is 5.64. The molecule has 2 N–H and O–H groups in total.